The highest BCUT2D eigenvalue weighted by Gasteiger charge is 2.19. The van der Waals surface area contributed by atoms with Crippen molar-refractivity contribution in [2.24, 2.45) is 0 Å². The van der Waals surface area contributed by atoms with Gasteiger partial charge < -0.3 is 14.2 Å². The molecule has 0 saturated carbocycles. The summed E-state index contributed by atoms with van der Waals surface area (Å²) in [4.78, 5) is 37.6. The third-order valence-electron chi connectivity index (χ3n) is 8.99. The number of carbonyl (C=O) groups excluding carboxylic acids is 3. The highest BCUT2D eigenvalue weighted by Crippen LogP contribution is 2.14. The number of carbonyl (C=O) groups is 3. The van der Waals surface area contributed by atoms with Crippen LogP contribution in [0.1, 0.15) is 194 Å². The zero-order valence-corrected chi connectivity index (χ0v) is 35.0. The monoisotopic (exact) mass is 753 g/mol. The molecule has 0 spiro atoms. The van der Waals surface area contributed by atoms with E-state index >= 15 is 0 Å². The molecular formula is C48H80O6. The number of unbranched alkanes of at least 4 members (excludes halogenated alkanes) is 16. The largest absolute Gasteiger partial charge is 0.462 e. The Morgan fingerprint density at radius 3 is 1.30 bits per heavy atom. The maximum absolute atomic E-state index is 12.7. The lowest BCUT2D eigenvalue weighted by Gasteiger charge is -2.18. The highest BCUT2D eigenvalue weighted by molar-refractivity contribution is 5.72. The van der Waals surface area contributed by atoms with Crippen LogP contribution in [0.4, 0.5) is 0 Å². The maximum atomic E-state index is 12.7. The summed E-state index contributed by atoms with van der Waals surface area (Å²) in [6.45, 7) is 6.27. The molecule has 0 aromatic carbocycles. The molecule has 0 fully saturated rings. The molecule has 0 heterocycles. The van der Waals surface area contributed by atoms with Crippen LogP contribution in [0.3, 0.4) is 0 Å². The van der Waals surface area contributed by atoms with Crippen LogP contribution in [0, 0.1) is 0 Å². The van der Waals surface area contributed by atoms with Crippen molar-refractivity contribution in [2.45, 2.75) is 200 Å². The Hall–Kier alpha value is -3.15. The molecule has 0 aliphatic heterocycles. The molecule has 0 aromatic heterocycles. The first kappa shape index (κ1) is 50.9. The molecule has 0 rings (SSSR count). The lowest BCUT2D eigenvalue weighted by atomic mass is 10.0. The van der Waals surface area contributed by atoms with Gasteiger partial charge in [-0.1, -0.05) is 184 Å². The molecule has 0 bridgehead atoms. The summed E-state index contributed by atoms with van der Waals surface area (Å²) in [5, 5.41) is 0. The Kier molecular flexibility index (Phi) is 40.1. The predicted molar refractivity (Wildman–Crippen MR) is 228 cm³/mol. The molecule has 54 heavy (non-hydrogen) atoms. The van der Waals surface area contributed by atoms with Gasteiger partial charge in [0.25, 0.3) is 0 Å². The number of hydrogen-bond donors (Lipinski definition) is 0. The summed E-state index contributed by atoms with van der Waals surface area (Å²) in [6, 6.07) is 0. The Labute approximate surface area is 332 Å². The first-order chi connectivity index (χ1) is 26.5. The van der Waals surface area contributed by atoms with Crippen LogP contribution in [0.15, 0.2) is 72.9 Å². The second kappa shape index (κ2) is 42.6. The maximum Gasteiger partial charge on any atom is 0.309 e. The lowest BCUT2D eigenvalue weighted by molar-refractivity contribution is -0.166. The van der Waals surface area contributed by atoms with Crippen molar-refractivity contribution in [1.82, 2.24) is 0 Å². The topological polar surface area (TPSA) is 78.9 Å². The van der Waals surface area contributed by atoms with E-state index in [0.29, 0.717) is 12.8 Å². The van der Waals surface area contributed by atoms with Gasteiger partial charge in [0.1, 0.15) is 13.2 Å². The van der Waals surface area contributed by atoms with E-state index in [0.717, 1.165) is 89.9 Å². The highest BCUT2D eigenvalue weighted by atomic mass is 16.6. The van der Waals surface area contributed by atoms with Gasteiger partial charge in [-0.25, -0.2) is 0 Å². The van der Waals surface area contributed by atoms with Gasteiger partial charge in [-0.15, -0.1) is 0 Å². The summed E-state index contributed by atoms with van der Waals surface area (Å²) >= 11 is 0. The van der Waals surface area contributed by atoms with Crippen LogP contribution < -0.4 is 0 Å². The van der Waals surface area contributed by atoms with E-state index in [1.807, 2.05) is 6.08 Å². The smallest absolute Gasteiger partial charge is 0.309 e. The van der Waals surface area contributed by atoms with Gasteiger partial charge in [0.2, 0.25) is 0 Å². The van der Waals surface area contributed by atoms with Crippen LogP contribution in [0.5, 0.6) is 0 Å². The van der Waals surface area contributed by atoms with Gasteiger partial charge in [-0.2, -0.15) is 0 Å². The summed E-state index contributed by atoms with van der Waals surface area (Å²) in [5.74, 6) is -1.07. The average Bonchev–Trinajstić information content (AvgIpc) is 3.17. The van der Waals surface area contributed by atoms with Crippen LogP contribution in [0.2, 0.25) is 0 Å². The SMILES string of the molecule is CC/C=C\C/C=C\C/C=C\CCCCCCC(=O)OCC(COC(=O)C/C=C\C/C=C\C/C=C\CC)OC(=O)CCCCCCCCCCCCCCC. The van der Waals surface area contributed by atoms with Crippen molar-refractivity contribution in [3.63, 3.8) is 0 Å². The zero-order valence-electron chi connectivity index (χ0n) is 35.0. The van der Waals surface area contributed by atoms with Gasteiger partial charge in [-0.05, 0) is 64.2 Å². The standard InChI is InChI=1S/C48H80O6/c1-4-7-10-13-16-19-21-23-25-26-29-32-35-38-41-47(50)53-44-45(43-52-46(49)40-37-34-31-28-18-15-12-9-6-3)54-48(51)42-39-36-33-30-27-24-22-20-17-14-11-8-5-2/h7,9-10,12,16,18-19,23,25,28,34,37,45H,4-6,8,11,13-15,17,20-22,24,26-27,29-33,35-36,38-44H2,1-3H3/b10-7-,12-9-,19-16-,25-23-,28-18-,37-34-. The molecule has 6 heteroatoms. The van der Waals surface area contributed by atoms with Gasteiger partial charge in [-0.3, -0.25) is 14.4 Å². The quantitative estimate of drug-likeness (QED) is 0.0270. The van der Waals surface area contributed by atoms with Gasteiger partial charge in [0.15, 0.2) is 6.10 Å². The Bertz CT molecular complexity index is 1050. The molecule has 0 N–H and O–H groups in total. The molecule has 0 aliphatic rings. The van der Waals surface area contributed by atoms with E-state index in [2.05, 4.69) is 81.5 Å². The summed E-state index contributed by atoms with van der Waals surface area (Å²) in [6.07, 6.45) is 52.0. The fraction of sp³-hybridized carbons (Fsp3) is 0.688. The Balaban J connectivity index is 4.47. The van der Waals surface area contributed by atoms with E-state index in [9.17, 15) is 14.4 Å². The van der Waals surface area contributed by atoms with Crippen molar-refractivity contribution < 1.29 is 28.6 Å². The third kappa shape index (κ3) is 40.0. The second-order valence-corrected chi connectivity index (χ2v) is 14.2. The molecule has 0 radical (unpaired) electrons. The van der Waals surface area contributed by atoms with Crippen LogP contribution in [-0.2, 0) is 28.6 Å². The average molecular weight is 753 g/mol. The minimum absolute atomic E-state index is 0.113. The Morgan fingerprint density at radius 1 is 0.407 bits per heavy atom. The molecule has 1 unspecified atom stereocenters. The molecule has 0 aromatic rings. The summed E-state index contributed by atoms with van der Waals surface area (Å²) in [7, 11) is 0. The van der Waals surface area contributed by atoms with E-state index in [1.165, 1.54) is 64.2 Å². The normalized spacial score (nSPS) is 12.7. The van der Waals surface area contributed by atoms with Crippen molar-refractivity contribution in [3.8, 4) is 0 Å². The molecule has 308 valence electrons. The van der Waals surface area contributed by atoms with E-state index in [-0.39, 0.29) is 31.6 Å². The fourth-order valence-electron chi connectivity index (χ4n) is 5.75. The van der Waals surface area contributed by atoms with E-state index in [4.69, 9.17) is 14.2 Å². The van der Waals surface area contributed by atoms with E-state index in [1.54, 1.807) is 6.08 Å². The summed E-state index contributed by atoms with van der Waals surface area (Å²) < 4.78 is 16.5. The zero-order chi connectivity index (χ0) is 39.4. The fourth-order valence-corrected chi connectivity index (χ4v) is 5.75. The van der Waals surface area contributed by atoms with Crippen LogP contribution in [-0.4, -0.2) is 37.2 Å². The van der Waals surface area contributed by atoms with Gasteiger partial charge in [0, 0.05) is 12.8 Å². The van der Waals surface area contributed by atoms with Crippen molar-refractivity contribution in [1.29, 1.82) is 0 Å². The molecule has 0 amide bonds. The van der Waals surface area contributed by atoms with Crippen molar-refractivity contribution in [3.05, 3.63) is 72.9 Å². The molecule has 6 nitrogen and oxygen atoms in total. The van der Waals surface area contributed by atoms with Crippen LogP contribution in [0.25, 0.3) is 0 Å². The van der Waals surface area contributed by atoms with E-state index < -0.39 is 12.1 Å². The van der Waals surface area contributed by atoms with Crippen LogP contribution >= 0.6 is 0 Å². The number of esters is 3. The number of ether oxygens (including phenoxy) is 3. The molecule has 0 aliphatic carbocycles. The number of allylic oxidation sites excluding steroid dienone is 11. The first-order valence-corrected chi connectivity index (χ1v) is 21.9. The van der Waals surface area contributed by atoms with Crippen molar-refractivity contribution in [2.75, 3.05) is 13.2 Å². The molecule has 0 saturated heterocycles. The minimum Gasteiger partial charge on any atom is -0.462 e. The first-order valence-electron chi connectivity index (χ1n) is 21.9. The Morgan fingerprint density at radius 2 is 0.796 bits per heavy atom. The molecule has 1 atom stereocenters. The predicted octanol–water partition coefficient (Wildman–Crippen LogP) is 13.9. The van der Waals surface area contributed by atoms with Gasteiger partial charge in [0.05, 0.1) is 6.42 Å². The number of hydrogen-bond acceptors (Lipinski definition) is 6. The van der Waals surface area contributed by atoms with Gasteiger partial charge >= 0.3 is 17.9 Å². The third-order valence-corrected chi connectivity index (χ3v) is 8.99. The van der Waals surface area contributed by atoms with Crippen molar-refractivity contribution >= 4 is 17.9 Å². The lowest BCUT2D eigenvalue weighted by Crippen LogP contribution is -2.30. The second-order valence-electron chi connectivity index (χ2n) is 14.2. The number of rotatable bonds is 38. The minimum atomic E-state index is -0.815. The summed E-state index contributed by atoms with van der Waals surface area (Å²) in [5.41, 5.74) is 0. The molecular weight excluding hydrogens is 673 g/mol.